The van der Waals surface area contributed by atoms with E-state index in [1.807, 2.05) is 18.5 Å². The Morgan fingerprint density at radius 1 is 1.40 bits per heavy atom. The number of hydrogen-bond donors (Lipinski definition) is 0. The molecule has 0 amide bonds. The van der Waals surface area contributed by atoms with Crippen LogP contribution in [-0.4, -0.2) is 39.0 Å². The molecule has 0 aliphatic rings. The fraction of sp³-hybridized carbons (Fsp3) is 0.667. The lowest BCUT2D eigenvalue weighted by Gasteiger charge is -2.08. The Morgan fingerprint density at radius 3 is 2.75 bits per heavy atom. The number of hydrogen-bond acceptors (Lipinski definition) is 3. The highest BCUT2D eigenvalue weighted by Gasteiger charge is 2.17. The first-order valence-corrected chi connectivity index (χ1v) is 6.94. The fourth-order valence-corrected chi connectivity index (χ4v) is 2.39. The van der Waals surface area contributed by atoms with E-state index in [1.165, 1.54) is 0 Å². The zero-order valence-electron chi connectivity index (χ0n) is 11.4. The van der Waals surface area contributed by atoms with Crippen molar-refractivity contribution in [1.82, 2.24) is 19.3 Å². The van der Waals surface area contributed by atoms with E-state index in [2.05, 4.69) is 10.1 Å². The number of ether oxygens (including phenoxy) is 1. The number of nitrogens with zero attached hydrogens (tertiary/aromatic N) is 4. The Morgan fingerprint density at radius 2 is 2.15 bits per heavy atom. The molecule has 2 aromatic rings. The summed E-state index contributed by atoms with van der Waals surface area (Å²) in [5.41, 5.74) is 2.57. The van der Waals surface area contributed by atoms with Crippen molar-refractivity contribution in [3.05, 3.63) is 11.5 Å². The number of imidazole rings is 1. The van der Waals surface area contributed by atoms with Gasteiger partial charge in [-0.2, -0.15) is 5.10 Å². The molecule has 2 rings (SSSR count). The van der Waals surface area contributed by atoms with Crippen LogP contribution in [0.4, 0.5) is 8.78 Å². The SMILES string of the molecule is CCc1nn(C)c2c1nc(CCl)n2CCOCC(F)F. The van der Waals surface area contributed by atoms with Gasteiger partial charge in [0, 0.05) is 13.6 Å². The van der Waals surface area contributed by atoms with Crippen molar-refractivity contribution >= 4 is 22.8 Å². The van der Waals surface area contributed by atoms with Crippen molar-refractivity contribution < 1.29 is 13.5 Å². The number of aryl methyl sites for hydroxylation is 2. The van der Waals surface area contributed by atoms with Crippen molar-refractivity contribution in [2.75, 3.05) is 13.2 Å². The summed E-state index contributed by atoms with van der Waals surface area (Å²) in [5, 5.41) is 4.39. The largest absolute Gasteiger partial charge is 0.374 e. The van der Waals surface area contributed by atoms with Crippen molar-refractivity contribution in [2.24, 2.45) is 7.05 Å². The van der Waals surface area contributed by atoms with Crippen LogP contribution in [0.3, 0.4) is 0 Å². The van der Waals surface area contributed by atoms with Gasteiger partial charge in [-0.15, -0.1) is 11.6 Å². The van der Waals surface area contributed by atoms with Crippen LogP contribution in [0.1, 0.15) is 18.4 Å². The number of fused-ring (bicyclic) bond motifs is 1. The van der Waals surface area contributed by atoms with E-state index in [9.17, 15) is 8.78 Å². The Kier molecular flexibility index (Phi) is 4.93. The second-order valence-electron chi connectivity index (χ2n) is 4.38. The standard InChI is InChI=1S/C12H17ClF2N4O/c1-3-8-11-12(18(2)17-8)19(10(6-13)16-11)4-5-20-7-9(14)15/h9H,3-7H2,1-2H3. The van der Waals surface area contributed by atoms with Crippen LogP contribution in [0.15, 0.2) is 0 Å². The summed E-state index contributed by atoms with van der Waals surface area (Å²) in [4.78, 5) is 4.48. The van der Waals surface area contributed by atoms with E-state index < -0.39 is 13.0 Å². The third-order valence-electron chi connectivity index (χ3n) is 3.03. The van der Waals surface area contributed by atoms with Gasteiger partial charge in [0.15, 0.2) is 5.65 Å². The van der Waals surface area contributed by atoms with Gasteiger partial charge in [-0.05, 0) is 6.42 Å². The minimum Gasteiger partial charge on any atom is -0.374 e. The van der Waals surface area contributed by atoms with Gasteiger partial charge >= 0.3 is 0 Å². The van der Waals surface area contributed by atoms with E-state index in [1.54, 1.807) is 4.68 Å². The topological polar surface area (TPSA) is 44.9 Å². The van der Waals surface area contributed by atoms with Crippen molar-refractivity contribution in [3.8, 4) is 0 Å². The van der Waals surface area contributed by atoms with E-state index in [-0.39, 0.29) is 12.5 Å². The molecule has 2 aromatic heterocycles. The van der Waals surface area contributed by atoms with Crippen LogP contribution in [0.5, 0.6) is 0 Å². The summed E-state index contributed by atoms with van der Waals surface area (Å²) in [5.74, 6) is 0.956. The molecule has 20 heavy (non-hydrogen) atoms. The van der Waals surface area contributed by atoms with E-state index >= 15 is 0 Å². The zero-order valence-corrected chi connectivity index (χ0v) is 12.2. The van der Waals surface area contributed by atoms with Crippen LogP contribution >= 0.6 is 11.6 Å². The highest BCUT2D eigenvalue weighted by Crippen LogP contribution is 2.21. The first-order chi connectivity index (χ1) is 9.58. The van der Waals surface area contributed by atoms with Crippen molar-refractivity contribution in [3.63, 3.8) is 0 Å². The molecular weight excluding hydrogens is 290 g/mol. The molecule has 0 aliphatic carbocycles. The minimum absolute atomic E-state index is 0.187. The third kappa shape index (κ3) is 2.93. The fourth-order valence-electron chi connectivity index (χ4n) is 2.19. The van der Waals surface area contributed by atoms with Gasteiger partial charge in [-0.25, -0.2) is 13.8 Å². The molecule has 112 valence electrons. The molecule has 0 fully saturated rings. The van der Waals surface area contributed by atoms with E-state index in [0.29, 0.717) is 12.4 Å². The Hall–Kier alpha value is -1.21. The van der Waals surface area contributed by atoms with Crippen molar-refractivity contribution in [2.45, 2.75) is 32.2 Å². The molecule has 0 bridgehead atoms. The highest BCUT2D eigenvalue weighted by molar-refractivity contribution is 6.16. The second kappa shape index (κ2) is 6.49. The lowest BCUT2D eigenvalue weighted by molar-refractivity contribution is 0.0148. The van der Waals surface area contributed by atoms with E-state index in [4.69, 9.17) is 16.3 Å². The monoisotopic (exact) mass is 306 g/mol. The smallest absolute Gasteiger partial charge is 0.261 e. The maximum atomic E-state index is 12.0. The van der Waals surface area contributed by atoms with Gasteiger partial charge in [0.1, 0.15) is 17.9 Å². The molecular formula is C12H17ClF2N4O. The highest BCUT2D eigenvalue weighted by atomic mass is 35.5. The first-order valence-electron chi connectivity index (χ1n) is 6.41. The number of alkyl halides is 3. The van der Waals surface area contributed by atoms with Crippen LogP contribution in [0.2, 0.25) is 0 Å². The van der Waals surface area contributed by atoms with Gasteiger partial charge in [-0.1, -0.05) is 6.92 Å². The molecule has 0 radical (unpaired) electrons. The van der Waals surface area contributed by atoms with Crippen LogP contribution < -0.4 is 0 Å². The molecule has 0 unspecified atom stereocenters. The molecule has 0 atom stereocenters. The van der Waals surface area contributed by atoms with Gasteiger partial charge < -0.3 is 9.30 Å². The lowest BCUT2D eigenvalue weighted by Crippen LogP contribution is -2.13. The molecule has 5 nitrogen and oxygen atoms in total. The molecule has 8 heteroatoms. The summed E-state index contributed by atoms with van der Waals surface area (Å²) in [6.07, 6.45) is -1.67. The summed E-state index contributed by atoms with van der Waals surface area (Å²) >= 11 is 5.90. The molecule has 0 spiro atoms. The molecule has 0 aliphatic heterocycles. The predicted molar refractivity (Wildman–Crippen MR) is 72.3 cm³/mol. The van der Waals surface area contributed by atoms with Gasteiger partial charge in [0.2, 0.25) is 0 Å². The summed E-state index contributed by atoms with van der Waals surface area (Å²) in [6, 6.07) is 0. The summed E-state index contributed by atoms with van der Waals surface area (Å²) in [6.45, 7) is 2.06. The maximum absolute atomic E-state index is 12.0. The molecule has 0 saturated heterocycles. The third-order valence-corrected chi connectivity index (χ3v) is 3.27. The maximum Gasteiger partial charge on any atom is 0.261 e. The average Bonchev–Trinajstić information content (AvgIpc) is 2.92. The molecule has 0 N–H and O–H groups in total. The minimum atomic E-state index is -2.45. The van der Waals surface area contributed by atoms with Gasteiger partial charge in [0.05, 0.1) is 18.2 Å². The molecule has 0 saturated carbocycles. The van der Waals surface area contributed by atoms with Crippen LogP contribution in [0.25, 0.3) is 11.2 Å². The Balaban J connectivity index is 2.24. The van der Waals surface area contributed by atoms with Gasteiger partial charge in [-0.3, -0.25) is 4.68 Å². The number of halogens is 3. The quantitative estimate of drug-likeness (QED) is 0.582. The lowest BCUT2D eigenvalue weighted by atomic mass is 10.3. The number of rotatable bonds is 7. The predicted octanol–water partition coefficient (Wildman–Crippen LogP) is 2.35. The number of aromatic nitrogens is 4. The summed E-state index contributed by atoms with van der Waals surface area (Å²) < 4.78 is 32.6. The van der Waals surface area contributed by atoms with E-state index in [0.717, 1.165) is 23.3 Å². The Bertz CT molecular complexity index is 582. The van der Waals surface area contributed by atoms with Crippen LogP contribution in [-0.2, 0) is 30.6 Å². The van der Waals surface area contributed by atoms with Crippen LogP contribution in [0, 0.1) is 0 Å². The Labute approximate surface area is 120 Å². The first kappa shape index (κ1) is 15.2. The average molecular weight is 307 g/mol. The summed E-state index contributed by atoms with van der Waals surface area (Å²) in [7, 11) is 1.83. The molecule has 2 heterocycles. The van der Waals surface area contributed by atoms with Gasteiger partial charge in [0.25, 0.3) is 6.43 Å². The zero-order chi connectivity index (χ0) is 14.7. The normalized spacial score (nSPS) is 11.9. The second-order valence-corrected chi connectivity index (χ2v) is 4.64. The van der Waals surface area contributed by atoms with Crippen molar-refractivity contribution in [1.29, 1.82) is 0 Å². The molecule has 0 aromatic carbocycles.